The normalized spacial score (nSPS) is 13.7. The van der Waals surface area contributed by atoms with Gasteiger partial charge in [0.15, 0.2) is 0 Å². The van der Waals surface area contributed by atoms with Gasteiger partial charge in [-0.3, -0.25) is 4.79 Å². The van der Waals surface area contributed by atoms with E-state index in [1.807, 2.05) is 30.3 Å². The molecule has 1 aliphatic heterocycles. The van der Waals surface area contributed by atoms with Gasteiger partial charge >= 0.3 is 0 Å². The van der Waals surface area contributed by atoms with Gasteiger partial charge in [-0.1, -0.05) is 28.1 Å². The van der Waals surface area contributed by atoms with E-state index in [9.17, 15) is 9.18 Å². The van der Waals surface area contributed by atoms with E-state index < -0.39 is 5.82 Å². The zero-order valence-corrected chi connectivity index (χ0v) is 16.1. The number of hydrogen-bond acceptors (Lipinski definition) is 3. The topological polar surface area (TPSA) is 41.6 Å². The van der Waals surface area contributed by atoms with E-state index in [1.165, 1.54) is 6.07 Å². The number of hydrogen-bond donors (Lipinski definition) is 1. The summed E-state index contributed by atoms with van der Waals surface area (Å²) in [4.78, 5) is 14.4. The number of carbonyl (C=O) groups excluding carboxylic acids is 1. The van der Waals surface area contributed by atoms with E-state index in [0.29, 0.717) is 13.0 Å². The van der Waals surface area contributed by atoms with Gasteiger partial charge in [-0.25, -0.2) is 4.39 Å². The standard InChI is InChI=1S/C20H22BrFN2O2/c21-15-6-3-7-16(14-15)26-13-5-10-19(25)23-20-17(22)8-4-9-18(20)24-11-1-2-12-24/h3-4,6-9,14H,1-2,5,10-13H2,(H,23,25). The molecule has 2 aromatic rings. The second-order valence-corrected chi connectivity index (χ2v) is 7.20. The third kappa shape index (κ3) is 4.97. The predicted octanol–water partition coefficient (Wildman–Crippen LogP) is 4.99. The average Bonchev–Trinajstić information content (AvgIpc) is 3.15. The molecule has 6 heteroatoms. The number of anilines is 2. The van der Waals surface area contributed by atoms with Crippen LogP contribution in [-0.2, 0) is 4.79 Å². The monoisotopic (exact) mass is 420 g/mol. The first-order valence-electron chi connectivity index (χ1n) is 8.85. The van der Waals surface area contributed by atoms with Crippen molar-refractivity contribution in [1.82, 2.24) is 0 Å². The molecule has 0 atom stereocenters. The Balaban J connectivity index is 1.52. The number of benzene rings is 2. The van der Waals surface area contributed by atoms with Crippen molar-refractivity contribution < 1.29 is 13.9 Å². The van der Waals surface area contributed by atoms with Gasteiger partial charge in [0.05, 0.1) is 12.3 Å². The fraction of sp³-hybridized carbons (Fsp3) is 0.350. The molecule has 1 aliphatic rings. The maximum atomic E-state index is 14.2. The molecule has 138 valence electrons. The Labute approximate surface area is 161 Å². The molecule has 0 saturated carbocycles. The smallest absolute Gasteiger partial charge is 0.224 e. The number of amides is 1. The summed E-state index contributed by atoms with van der Waals surface area (Å²) in [6.07, 6.45) is 3.03. The first kappa shape index (κ1) is 18.7. The Bertz CT molecular complexity index is 763. The lowest BCUT2D eigenvalue weighted by Gasteiger charge is -2.22. The molecule has 0 unspecified atom stereocenters. The molecule has 0 aromatic heterocycles. The van der Waals surface area contributed by atoms with E-state index in [1.54, 1.807) is 6.07 Å². The Morgan fingerprint density at radius 2 is 1.96 bits per heavy atom. The van der Waals surface area contributed by atoms with Crippen molar-refractivity contribution in [3.63, 3.8) is 0 Å². The highest BCUT2D eigenvalue weighted by Gasteiger charge is 2.19. The zero-order valence-electron chi connectivity index (χ0n) is 14.5. The lowest BCUT2D eigenvalue weighted by molar-refractivity contribution is -0.116. The van der Waals surface area contributed by atoms with Crippen molar-refractivity contribution in [2.75, 3.05) is 29.9 Å². The largest absolute Gasteiger partial charge is 0.494 e. The fourth-order valence-corrected chi connectivity index (χ4v) is 3.42. The van der Waals surface area contributed by atoms with Gasteiger partial charge in [0.1, 0.15) is 17.3 Å². The molecule has 1 amide bonds. The van der Waals surface area contributed by atoms with Crippen molar-refractivity contribution in [1.29, 1.82) is 0 Å². The molecule has 1 fully saturated rings. The van der Waals surface area contributed by atoms with Gasteiger partial charge < -0.3 is 15.0 Å². The fourth-order valence-electron chi connectivity index (χ4n) is 3.04. The van der Waals surface area contributed by atoms with E-state index in [4.69, 9.17) is 4.74 Å². The molecule has 1 heterocycles. The molecule has 4 nitrogen and oxygen atoms in total. The third-order valence-corrected chi connectivity index (χ3v) is 4.81. The lowest BCUT2D eigenvalue weighted by atomic mass is 10.2. The molecular formula is C20H22BrFN2O2. The van der Waals surface area contributed by atoms with E-state index in [-0.39, 0.29) is 18.0 Å². The van der Waals surface area contributed by atoms with Crippen LogP contribution in [0.25, 0.3) is 0 Å². The second-order valence-electron chi connectivity index (χ2n) is 6.29. The molecule has 0 spiro atoms. The SMILES string of the molecule is O=C(CCCOc1cccc(Br)c1)Nc1c(F)cccc1N1CCCC1. The number of halogens is 2. The first-order chi connectivity index (χ1) is 12.6. The molecule has 0 radical (unpaired) electrons. The van der Waals surface area contributed by atoms with Gasteiger partial charge in [0, 0.05) is 24.0 Å². The van der Waals surface area contributed by atoms with Crippen LogP contribution >= 0.6 is 15.9 Å². The Hall–Kier alpha value is -2.08. The highest BCUT2D eigenvalue weighted by atomic mass is 79.9. The summed E-state index contributed by atoms with van der Waals surface area (Å²) in [5.74, 6) is 0.159. The van der Waals surface area contributed by atoms with Crippen LogP contribution in [-0.4, -0.2) is 25.6 Å². The number of carbonyl (C=O) groups is 1. The van der Waals surface area contributed by atoms with E-state index >= 15 is 0 Å². The summed E-state index contributed by atoms with van der Waals surface area (Å²) in [6, 6.07) is 12.5. The molecular weight excluding hydrogens is 399 g/mol. The third-order valence-electron chi connectivity index (χ3n) is 4.32. The first-order valence-corrected chi connectivity index (χ1v) is 9.64. The highest BCUT2D eigenvalue weighted by molar-refractivity contribution is 9.10. The molecule has 0 bridgehead atoms. The Morgan fingerprint density at radius 1 is 1.19 bits per heavy atom. The van der Waals surface area contributed by atoms with Crippen LogP contribution in [0, 0.1) is 5.82 Å². The number of rotatable bonds is 7. The minimum Gasteiger partial charge on any atom is -0.494 e. The van der Waals surface area contributed by atoms with Gasteiger partial charge in [0.2, 0.25) is 5.91 Å². The van der Waals surface area contributed by atoms with Crippen molar-refractivity contribution in [3.8, 4) is 5.75 Å². The minimum absolute atomic E-state index is 0.201. The maximum Gasteiger partial charge on any atom is 0.224 e. The predicted molar refractivity (Wildman–Crippen MR) is 105 cm³/mol. The van der Waals surface area contributed by atoms with Crippen molar-refractivity contribution >= 4 is 33.2 Å². The summed E-state index contributed by atoms with van der Waals surface area (Å²) in [6.45, 7) is 2.22. The molecule has 1 N–H and O–H groups in total. The number of ether oxygens (including phenoxy) is 1. The molecule has 2 aromatic carbocycles. The quantitative estimate of drug-likeness (QED) is 0.641. The zero-order chi connectivity index (χ0) is 18.4. The Morgan fingerprint density at radius 3 is 2.73 bits per heavy atom. The van der Waals surface area contributed by atoms with Crippen LogP contribution in [0.5, 0.6) is 5.75 Å². The summed E-state index contributed by atoms with van der Waals surface area (Å²) in [7, 11) is 0. The summed E-state index contributed by atoms with van der Waals surface area (Å²) >= 11 is 3.39. The van der Waals surface area contributed by atoms with Crippen molar-refractivity contribution in [2.24, 2.45) is 0 Å². The molecule has 3 rings (SSSR count). The summed E-state index contributed by atoms with van der Waals surface area (Å²) in [5.41, 5.74) is 1.05. The van der Waals surface area contributed by atoms with Gasteiger partial charge in [0.25, 0.3) is 0 Å². The molecule has 0 aliphatic carbocycles. The minimum atomic E-state index is -0.395. The van der Waals surface area contributed by atoms with Gasteiger partial charge in [-0.2, -0.15) is 0 Å². The summed E-state index contributed by atoms with van der Waals surface area (Å²) in [5, 5.41) is 2.74. The molecule has 1 saturated heterocycles. The van der Waals surface area contributed by atoms with Crippen LogP contribution in [0.15, 0.2) is 46.9 Å². The van der Waals surface area contributed by atoms with Gasteiger partial charge in [-0.05, 0) is 49.6 Å². The number of nitrogens with zero attached hydrogens (tertiary/aromatic N) is 1. The highest BCUT2D eigenvalue weighted by Crippen LogP contribution is 2.31. The van der Waals surface area contributed by atoms with Crippen LogP contribution in [0.4, 0.5) is 15.8 Å². The van der Waals surface area contributed by atoms with Crippen LogP contribution in [0.1, 0.15) is 25.7 Å². The lowest BCUT2D eigenvalue weighted by Crippen LogP contribution is -2.22. The number of para-hydroxylation sites is 1. The van der Waals surface area contributed by atoms with Gasteiger partial charge in [-0.15, -0.1) is 0 Å². The van der Waals surface area contributed by atoms with Crippen LogP contribution in [0.3, 0.4) is 0 Å². The average molecular weight is 421 g/mol. The van der Waals surface area contributed by atoms with E-state index in [0.717, 1.165) is 41.8 Å². The Kier molecular flexibility index (Phi) is 6.50. The van der Waals surface area contributed by atoms with Crippen molar-refractivity contribution in [2.45, 2.75) is 25.7 Å². The van der Waals surface area contributed by atoms with E-state index in [2.05, 4.69) is 26.1 Å². The number of nitrogens with one attached hydrogen (secondary N) is 1. The molecule has 26 heavy (non-hydrogen) atoms. The second kappa shape index (κ2) is 9.03. The van der Waals surface area contributed by atoms with Crippen molar-refractivity contribution in [3.05, 3.63) is 52.8 Å². The van der Waals surface area contributed by atoms with Crippen LogP contribution in [0.2, 0.25) is 0 Å². The van der Waals surface area contributed by atoms with Crippen LogP contribution < -0.4 is 15.0 Å². The summed E-state index contributed by atoms with van der Waals surface area (Å²) < 4.78 is 20.8. The maximum absolute atomic E-state index is 14.2.